The average Bonchev–Trinajstić information content (AvgIpc) is 2.59. The number of H-pyrrole nitrogens is 1. The number of allylic oxidation sites excluding steroid dienone is 2. The van der Waals surface area contributed by atoms with Crippen LogP contribution in [0.5, 0.6) is 0 Å². The van der Waals surface area contributed by atoms with Crippen molar-refractivity contribution in [2.45, 2.75) is 37.8 Å². The van der Waals surface area contributed by atoms with Gasteiger partial charge >= 0.3 is 0 Å². The molecule has 6 nitrogen and oxygen atoms in total. The minimum absolute atomic E-state index is 0.0802. The maximum absolute atomic E-state index is 13.0. The first kappa shape index (κ1) is 17.0. The monoisotopic (exact) mass is 368 g/mol. The zero-order valence-corrected chi connectivity index (χ0v) is 15.7. The van der Waals surface area contributed by atoms with Gasteiger partial charge in [-0.2, -0.15) is 0 Å². The number of nitrogens with zero attached hydrogens (tertiary/aromatic N) is 2. The number of pyridine rings is 1. The highest BCUT2D eigenvalue weighted by molar-refractivity contribution is 7.98. The molecular weight excluding hydrogens is 348 g/mol. The maximum Gasteiger partial charge on any atom is 0.257 e. The number of aromatic nitrogens is 3. The molecule has 26 heavy (non-hydrogen) atoms. The maximum atomic E-state index is 13.0. The molecule has 1 aliphatic carbocycles. The number of fused-ring (bicyclic) bond motifs is 1. The third-order valence-corrected chi connectivity index (χ3v) is 5.49. The van der Waals surface area contributed by atoms with Gasteiger partial charge in [-0.05, 0) is 29.7 Å². The summed E-state index contributed by atoms with van der Waals surface area (Å²) >= 11 is 1.38. The molecule has 0 saturated carbocycles. The Hall–Kier alpha value is -2.41. The van der Waals surface area contributed by atoms with E-state index < -0.39 is 5.92 Å². The molecule has 0 saturated heterocycles. The van der Waals surface area contributed by atoms with E-state index in [9.17, 15) is 9.59 Å². The molecule has 0 fully saturated rings. The van der Waals surface area contributed by atoms with Crippen molar-refractivity contribution in [3.8, 4) is 0 Å². The lowest BCUT2D eigenvalue weighted by Gasteiger charge is -2.38. The van der Waals surface area contributed by atoms with E-state index in [0.717, 1.165) is 17.7 Å². The first-order valence-electron chi connectivity index (χ1n) is 8.51. The number of hydrogen-bond acceptors (Lipinski definition) is 6. The van der Waals surface area contributed by atoms with Crippen molar-refractivity contribution >= 4 is 23.4 Å². The Morgan fingerprint density at radius 3 is 2.77 bits per heavy atom. The van der Waals surface area contributed by atoms with Crippen LogP contribution in [0.15, 0.2) is 45.7 Å². The van der Waals surface area contributed by atoms with Crippen LogP contribution in [0.25, 0.3) is 0 Å². The van der Waals surface area contributed by atoms with Crippen molar-refractivity contribution in [2.24, 2.45) is 5.41 Å². The molecule has 2 N–H and O–H groups in total. The second kappa shape index (κ2) is 6.09. The summed E-state index contributed by atoms with van der Waals surface area (Å²) in [4.78, 5) is 37.4. The SMILES string of the molecule is CSc1nc2c(c(=O)[nH]1)[C@H](c1cccnc1)C1=C(CC(C)(C)CC1=O)N2. The van der Waals surface area contributed by atoms with E-state index in [1.807, 2.05) is 18.4 Å². The topological polar surface area (TPSA) is 87.7 Å². The Balaban J connectivity index is 1.98. The zero-order chi connectivity index (χ0) is 18.5. The van der Waals surface area contributed by atoms with Gasteiger partial charge in [0.25, 0.3) is 5.56 Å². The summed E-state index contributed by atoms with van der Waals surface area (Å²) in [5, 5.41) is 3.85. The van der Waals surface area contributed by atoms with E-state index in [2.05, 4.69) is 34.1 Å². The van der Waals surface area contributed by atoms with Crippen LogP contribution < -0.4 is 10.9 Å². The minimum atomic E-state index is -0.439. The number of carbonyl (C=O) groups is 1. The van der Waals surface area contributed by atoms with Crippen LogP contribution in [-0.4, -0.2) is 27.0 Å². The molecule has 0 radical (unpaired) electrons. The van der Waals surface area contributed by atoms with Crippen molar-refractivity contribution in [1.82, 2.24) is 15.0 Å². The van der Waals surface area contributed by atoms with Gasteiger partial charge in [-0.25, -0.2) is 4.98 Å². The van der Waals surface area contributed by atoms with Crippen molar-refractivity contribution in [1.29, 1.82) is 0 Å². The number of thioether (sulfide) groups is 1. The fourth-order valence-corrected chi connectivity index (χ4v) is 4.25. The highest BCUT2D eigenvalue weighted by Gasteiger charge is 2.42. The molecule has 3 heterocycles. The summed E-state index contributed by atoms with van der Waals surface area (Å²) in [7, 11) is 0. The van der Waals surface area contributed by atoms with Crippen molar-refractivity contribution in [3.63, 3.8) is 0 Å². The Kier molecular flexibility index (Phi) is 3.99. The van der Waals surface area contributed by atoms with Gasteiger partial charge in [0.1, 0.15) is 5.82 Å². The number of nitrogens with one attached hydrogen (secondary N) is 2. The number of ketones is 1. The molecule has 0 amide bonds. The first-order chi connectivity index (χ1) is 12.4. The van der Waals surface area contributed by atoms with Crippen molar-refractivity contribution in [3.05, 3.63) is 57.3 Å². The Morgan fingerprint density at radius 2 is 2.08 bits per heavy atom. The standard InChI is InChI=1S/C19H20N4O2S/c1-19(2)7-11-14(12(24)8-19)13(10-5-4-6-20-9-10)15-16(21-11)22-18(26-3)23-17(15)25/h4-6,9,13H,7-8H2,1-3H3,(H2,21,22,23,25)/t13-/m1/s1. The average molecular weight is 368 g/mol. The fraction of sp³-hybridized carbons (Fsp3) is 0.368. The van der Waals surface area contributed by atoms with Crippen LogP contribution in [0.3, 0.4) is 0 Å². The normalized spacial score (nSPS) is 21.0. The highest BCUT2D eigenvalue weighted by atomic mass is 32.2. The second-order valence-electron chi connectivity index (χ2n) is 7.52. The molecule has 2 aliphatic rings. The molecule has 7 heteroatoms. The first-order valence-corrected chi connectivity index (χ1v) is 9.73. The van der Waals surface area contributed by atoms with Gasteiger partial charge < -0.3 is 10.3 Å². The fourth-order valence-electron chi connectivity index (χ4n) is 3.87. The van der Waals surface area contributed by atoms with Crippen LogP contribution in [0.1, 0.15) is 43.7 Å². The van der Waals surface area contributed by atoms with E-state index in [0.29, 0.717) is 28.5 Å². The third kappa shape index (κ3) is 2.76. The lowest BCUT2D eigenvalue weighted by Crippen LogP contribution is -2.37. The van der Waals surface area contributed by atoms with E-state index in [1.165, 1.54) is 11.8 Å². The molecular formula is C19H20N4O2S. The van der Waals surface area contributed by atoms with Gasteiger partial charge in [0.05, 0.1) is 5.56 Å². The molecule has 1 atom stereocenters. The molecule has 0 aromatic carbocycles. The second-order valence-corrected chi connectivity index (χ2v) is 8.31. The number of Topliss-reactive ketones (excluding diaryl/α,β-unsaturated/α-hetero) is 1. The predicted molar refractivity (Wildman–Crippen MR) is 101 cm³/mol. The van der Waals surface area contributed by atoms with Gasteiger partial charge in [0, 0.05) is 36.0 Å². The van der Waals surface area contributed by atoms with Gasteiger partial charge in [-0.15, -0.1) is 0 Å². The predicted octanol–water partition coefficient (Wildman–Crippen LogP) is 3.09. The van der Waals surface area contributed by atoms with Crippen LogP contribution in [0.4, 0.5) is 5.82 Å². The molecule has 2 aromatic heterocycles. The van der Waals surface area contributed by atoms with E-state index in [1.54, 1.807) is 12.4 Å². The summed E-state index contributed by atoms with van der Waals surface area (Å²) in [6, 6.07) is 3.73. The molecule has 0 spiro atoms. The van der Waals surface area contributed by atoms with Gasteiger partial charge in [0.2, 0.25) is 0 Å². The van der Waals surface area contributed by atoms with Crippen LogP contribution >= 0.6 is 11.8 Å². The van der Waals surface area contributed by atoms with Crippen LogP contribution in [0.2, 0.25) is 0 Å². The molecule has 134 valence electrons. The smallest absolute Gasteiger partial charge is 0.257 e. The quantitative estimate of drug-likeness (QED) is 0.626. The van der Waals surface area contributed by atoms with E-state index in [-0.39, 0.29) is 16.8 Å². The molecule has 4 rings (SSSR count). The number of hydrogen-bond donors (Lipinski definition) is 2. The number of carbonyl (C=O) groups excluding carboxylic acids is 1. The molecule has 2 aromatic rings. The number of aromatic amines is 1. The highest BCUT2D eigenvalue weighted by Crippen LogP contribution is 2.47. The van der Waals surface area contributed by atoms with E-state index >= 15 is 0 Å². The van der Waals surface area contributed by atoms with Crippen LogP contribution in [0, 0.1) is 5.41 Å². The zero-order valence-electron chi connectivity index (χ0n) is 14.9. The Morgan fingerprint density at radius 1 is 1.27 bits per heavy atom. The minimum Gasteiger partial charge on any atom is -0.343 e. The third-order valence-electron chi connectivity index (χ3n) is 4.91. The van der Waals surface area contributed by atoms with Gasteiger partial charge in [0.15, 0.2) is 10.9 Å². The van der Waals surface area contributed by atoms with Crippen molar-refractivity contribution < 1.29 is 4.79 Å². The van der Waals surface area contributed by atoms with Crippen LogP contribution in [-0.2, 0) is 4.79 Å². The van der Waals surface area contributed by atoms with Gasteiger partial charge in [-0.1, -0.05) is 31.7 Å². The summed E-state index contributed by atoms with van der Waals surface area (Å²) in [6.07, 6.45) is 6.48. The summed E-state index contributed by atoms with van der Waals surface area (Å²) in [6.45, 7) is 4.17. The largest absolute Gasteiger partial charge is 0.343 e. The molecule has 0 unspecified atom stereocenters. The summed E-state index contributed by atoms with van der Waals surface area (Å²) in [5.74, 6) is 0.179. The van der Waals surface area contributed by atoms with E-state index in [4.69, 9.17) is 0 Å². The molecule has 0 bridgehead atoms. The Labute approximate surface area is 155 Å². The lowest BCUT2D eigenvalue weighted by molar-refractivity contribution is -0.118. The van der Waals surface area contributed by atoms with Crippen molar-refractivity contribution in [2.75, 3.05) is 11.6 Å². The van der Waals surface area contributed by atoms with Gasteiger partial charge in [-0.3, -0.25) is 14.6 Å². The number of rotatable bonds is 2. The number of anilines is 1. The summed E-state index contributed by atoms with van der Waals surface area (Å²) in [5.41, 5.74) is 2.53. The molecule has 1 aliphatic heterocycles. The summed E-state index contributed by atoms with van der Waals surface area (Å²) < 4.78 is 0. The lowest BCUT2D eigenvalue weighted by atomic mass is 9.69. The Bertz CT molecular complexity index is 979.